The second kappa shape index (κ2) is 10.5. The molecule has 0 spiro atoms. The van der Waals surface area contributed by atoms with Crippen LogP contribution in [-0.2, 0) is 0 Å². The second-order valence-electron chi connectivity index (χ2n) is 8.07. The third kappa shape index (κ3) is 5.97. The Labute approximate surface area is 179 Å². The van der Waals surface area contributed by atoms with Crippen LogP contribution in [0.2, 0.25) is 0 Å². The number of amides is 1. The minimum Gasteiger partial charge on any atom is -0.493 e. The number of carbonyl (C=O) groups is 1. The first kappa shape index (κ1) is 22.1. The smallest absolute Gasteiger partial charge is 0.251 e. The number of ether oxygens (including phenoxy) is 2. The molecule has 1 unspecified atom stereocenters. The summed E-state index contributed by atoms with van der Waals surface area (Å²) in [4.78, 5) is 17.8. The summed E-state index contributed by atoms with van der Waals surface area (Å²) in [7, 11) is 3.73. The number of hydrogen-bond donors (Lipinski definition) is 1. The van der Waals surface area contributed by atoms with Crippen LogP contribution in [0.3, 0.4) is 0 Å². The van der Waals surface area contributed by atoms with Gasteiger partial charge in [0.05, 0.1) is 19.3 Å². The van der Waals surface area contributed by atoms with Crippen molar-refractivity contribution in [1.82, 2.24) is 15.1 Å². The minimum atomic E-state index is -0.118. The molecule has 0 aromatic heterocycles. The zero-order chi connectivity index (χ0) is 21.5. The van der Waals surface area contributed by atoms with Crippen molar-refractivity contribution in [2.45, 2.75) is 26.0 Å². The molecule has 3 rings (SSSR count). The van der Waals surface area contributed by atoms with Gasteiger partial charge in [0.1, 0.15) is 0 Å². The molecule has 1 amide bonds. The standard InChI is InChI=1S/C24H33N3O3/c1-18(2)30-22-11-10-20(16-23(22)29-4)24(28)25-21(19-8-6-5-7-9-19)17-27-14-12-26(3)13-15-27/h5-11,16,18,21H,12-15,17H2,1-4H3,(H,25,28). The Balaban J connectivity index is 1.75. The van der Waals surface area contributed by atoms with E-state index < -0.39 is 0 Å². The van der Waals surface area contributed by atoms with Crippen molar-refractivity contribution in [2.75, 3.05) is 46.9 Å². The molecule has 1 fully saturated rings. The number of nitrogens with one attached hydrogen (secondary N) is 1. The lowest BCUT2D eigenvalue weighted by atomic mass is 10.0. The first-order valence-corrected chi connectivity index (χ1v) is 10.6. The van der Waals surface area contributed by atoms with Crippen LogP contribution in [0.25, 0.3) is 0 Å². The average molecular weight is 412 g/mol. The SMILES string of the molecule is COc1cc(C(=O)NC(CN2CCN(C)CC2)c2ccccc2)ccc1OC(C)C. The van der Waals surface area contributed by atoms with E-state index in [4.69, 9.17) is 9.47 Å². The lowest BCUT2D eigenvalue weighted by molar-refractivity contribution is 0.0907. The fourth-order valence-electron chi connectivity index (χ4n) is 3.61. The predicted octanol–water partition coefficient (Wildman–Crippen LogP) is 3.20. The molecule has 2 aromatic rings. The molecule has 30 heavy (non-hydrogen) atoms. The first-order chi connectivity index (χ1) is 14.5. The number of benzene rings is 2. The third-order valence-corrected chi connectivity index (χ3v) is 5.33. The molecule has 1 N–H and O–H groups in total. The van der Waals surface area contributed by atoms with Crippen LogP contribution in [-0.4, -0.2) is 68.7 Å². The highest BCUT2D eigenvalue weighted by atomic mass is 16.5. The van der Waals surface area contributed by atoms with Crippen molar-refractivity contribution >= 4 is 5.91 Å². The van der Waals surface area contributed by atoms with Crippen molar-refractivity contribution in [1.29, 1.82) is 0 Å². The molecule has 0 saturated carbocycles. The van der Waals surface area contributed by atoms with E-state index in [-0.39, 0.29) is 18.1 Å². The van der Waals surface area contributed by atoms with Gasteiger partial charge in [0, 0.05) is 38.3 Å². The molecule has 1 aliphatic heterocycles. The summed E-state index contributed by atoms with van der Waals surface area (Å²) in [6, 6.07) is 15.4. The van der Waals surface area contributed by atoms with Gasteiger partial charge in [0.15, 0.2) is 11.5 Å². The van der Waals surface area contributed by atoms with E-state index in [0.717, 1.165) is 38.3 Å². The van der Waals surface area contributed by atoms with Crippen LogP contribution in [0.1, 0.15) is 35.8 Å². The number of carbonyl (C=O) groups excluding carboxylic acids is 1. The van der Waals surface area contributed by atoms with Gasteiger partial charge in [0.2, 0.25) is 0 Å². The van der Waals surface area contributed by atoms with E-state index in [2.05, 4.69) is 34.3 Å². The molecule has 162 valence electrons. The Morgan fingerprint density at radius 3 is 2.37 bits per heavy atom. The van der Waals surface area contributed by atoms with Crippen LogP contribution in [0.15, 0.2) is 48.5 Å². The molecule has 2 aromatic carbocycles. The Bertz CT molecular complexity index is 818. The molecule has 6 heteroatoms. The van der Waals surface area contributed by atoms with Crippen LogP contribution in [0.4, 0.5) is 0 Å². The number of nitrogens with zero attached hydrogens (tertiary/aromatic N) is 2. The normalized spacial score (nSPS) is 16.3. The zero-order valence-corrected chi connectivity index (χ0v) is 18.4. The topological polar surface area (TPSA) is 54.0 Å². The Morgan fingerprint density at radius 2 is 1.73 bits per heavy atom. The molecule has 1 aliphatic rings. The lowest BCUT2D eigenvalue weighted by Crippen LogP contribution is -2.47. The van der Waals surface area contributed by atoms with Gasteiger partial charge in [-0.05, 0) is 44.7 Å². The second-order valence-corrected chi connectivity index (χ2v) is 8.07. The van der Waals surface area contributed by atoms with E-state index in [1.54, 1.807) is 25.3 Å². The predicted molar refractivity (Wildman–Crippen MR) is 119 cm³/mol. The van der Waals surface area contributed by atoms with Crippen LogP contribution in [0, 0.1) is 0 Å². The van der Waals surface area contributed by atoms with E-state index in [0.29, 0.717) is 17.1 Å². The number of methoxy groups -OCH3 is 1. The van der Waals surface area contributed by atoms with Crippen molar-refractivity contribution in [3.8, 4) is 11.5 Å². The van der Waals surface area contributed by atoms with E-state index in [9.17, 15) is 4.79 Å². The highest BCUT2D eigenvalue weighted by Gasteiger charge is 2.22. The zero-order valence-electron chi connectivity index (χ0n) is 18.4. The fraction of sp³-hybridized carbons (Fsp3) is 0.458. The fourth-order valence-corrected chi connectivity index (χ4v) is 3.61. The monoisotopic (exact) mass is 411 g/mol. The summed E-state index contributed by atoms with van der Waals surface area (Å²) in [6.45, 7) is 8.81. The summed E-state index contributed by atoms with van der Waals surface area (Å²) in [5.74, 6) is 1.08. The summed E-state index contributed by atoms with van der Waals surface area (Å²) < 4.78 is 11.2. The summed E-state index contributed by atoms with van der Waals surface area (Å²) in [5.41, 5.74) is 1.67. The maximum absolute atomic E-state index is 13.1. The lowest BCUT2D eigenvalue weighted by Gasteiger charge is -2.35. The van der Waals surface area contributed by atoms with E-state index in [1.165, 1.54) is 0 Å². The van der Waals surface area contributed by atoms with Crippen LogP contribution in [0.5, 0.6) is 11.5 Å². The molecule has 1 atom stereocenters. The van der Waals surface area contributed by atoms with Gasteiger partial charge in [-0.3, -0.25) is 9.69 Å². The number of hydrogen-bond acceptors (Lipinski definition) is 5. The third-order valence-electron chi connectivity index (χ3n) is 5.33. The Kier molecular flexibility index (Phi) is 7.71. The molecule has 1 saturated heterocycles. The minimum absolute atomic E-state index is 0.0321. The van der Waals surface area contributed by atoms with E-state index in [1.807, 2.05) is 32.0 Å². The van der Waals surface area contributed by atoms with Crippen molar-refractivity contribution < 1.29 is 14.3 Å². The highest BCUT2D eigenvalue weighted by Crippen LogP contribution is 2.29. The quantitative estimate of drug-likeness (QED) is 0.723. The van der Waals surface area contributed by atoms with Gasteiger partial charge < -0.3 is 19.7 Å². The first-order valence-electron chi connectivity index (χ1n) is 10.6. The number of piperazine rings is 1. The van der Waals surface area contributed by atoms with Gasteiger partial charge in [-0.1, -0.05) is 30.3 Å². The summed E-state index contributed by atoms with van der Waals surface area (Å²) in [5, 5.41) is 3.23. The van der Waals surface area contributed by atoms with Gasteiger partial charge in [-0.2, -0.15) is 0 Å². The molecule has 0 aliphatic carbocycles. The molecular formula is C24H33N3O3. The summed E-state index contributed by atoms with van der Waals surface area (Å²) in [6.07, 6.45) is 0.0321. The maximum Gasteiger partial charge on any atom is 0.251 e. The number of likely N-dealkylation sites (N-methyl/N-ethyl adjacent to an activating group) is 1. The van der Waals surface area contributed by atoms with Crippen LogP contribution >= 0.6 is 0 Å². The summed E-state index contributed by atoms with van der Waals surface area (Å²) >= 11 is 0. The maximum atomic E-state index is 13.1. The highest BCUT2D eigenvalue weighted by molar-refractivity contribution is 5.95. The van der Waals surface area contributed by atoms with Gasteiger partial charge in [-0.25, -0.2) is 0 Å². The number of rotatable bonds is 8. The molecule has 6 nitrogen and oxygen atoms in total. The molecule has 0 bridgehead atoms. The van der Waals surface area contributed by atoms with Gasteiger partial charge in [0.25, 0.3) is 5.91 Å². The van der Waals surface area contributed by atoms with Crippen molar-refractivity contribution in [3.63, 3.8) is 0 Å². The van der Waals surface area contributed by atoms with Crippen molar-refractivity contribution in [3.05, 3.63) is 59.7 Å². The molecule has 1 heterocycles. The Hall–Kier alpha value is -2.57. The molecule has 0 radical (unpaired) electrons. The van der Waals surface area contributed by atoms with Gasteiger partial charge >= 0.3 is 0 Å². The molecular weight excluding hydrogens is 378 g/mol. The largest absolute Gasteiger partial charge is 0.493 e. The van der Waals surface area contributed by atoms with Crippen LogP contribution < -0.4 is 14.8 Å². The van der Waals surface area contributed by atoms with Crippen molar-refractivity contribution in [2.24, 2.45) is 0 Å². The van der Waals surface area contributed by atoms with Gasteiger partial charge in [-0.15, -0.1) is 0 Å². The average Bonchev–Trinajstić information content (AvgIpc) is 2.75. The van der Waals surface area contributed by atoms with E-state index >= 15 is 0 Å². The Morgan fingerprint density at radius 1 is 1.03 bits per heavy atom.